The van der Waals surface area contributed by atoms with Crippen molar-refractivity contribution in [2.24, 2.45) is 0 Å². The van der Waals surface area contributed by atoms with Crippen LogP contribution in [0.15, 0.2) is 28.7 Å². The SMILES string of the molecule is CC(CNC(=O)C1CC(F)(F)CN1)Oc1ccccc1Br. The lowest BCUT2D eigenvalue weighted by molar-refractivity contribution is -0.123. The summed E-state index contributed by atoms with van der Waals surface area (Å²) in [7, 11) is 0. The molecule has 2 atom stereocenters. The summed E-state index contributed by atoms with van der Waals surface area (Å²) in [6.07, 6.45) is -0.729. The Morgan fingerprint density at radius 1 is 1.57 bits per heavy atom. The van der Waals surface area contributed by atoms with E-state index in [1.807, 2.05) is 24.3 Å². The molecular weight excluding hydrogens is 346 g/mol. The van der Waals surface area contributed by atoms with Gasteiger partial charge in [-0.1, -0.05) is 12.1 Å². The van der Waals surface area contributed by atoms with E-state index in [1.165, 1.54) is 0 Å². The molecule has 0 aliphatic carbocycles. The summed E-state index contributed by atoms with van der Waals surface area (Å²) in [5.74, 6) is -2.56. The minimum Gasteiger partial charge on any atom is -0.488 e. The van der Waals surface area contributed by atoms with Crippen LogP contribution in [-0.4, -0.2) is 37.1 Å². The normalized spacial score (nSPS) is 21.8. The molecule has 116 valence electrons. The number of carbonyl (C=O) groups is 1. The molecule has 0 aromatic heterocycles. The number of benzene rings is 1. The number of ether oxygens (including phenoxy) is 1. The Morgan fingerprint density at radius 2 is 2.29 bits per heavy atom. The summed E-state index contributed by atoms with van der Waals surface area (Å²) in [5.41, 5.74) is 0. The molecule has 21 heavy (non-hydrogen) atoms. The fraction of sp³-hybridized carbons (Fsp3) is 0.500. The number of rotatable bonds is 5. The summed E-state index contributed by atoms with van der Waals surface area (Å²) in [4.78, 5) is 11.8. The third-order valence-electron chi connectivity index (χ3n) is 3.15. The molecule has 0 saturated carbocycles. The van der Waals surface area contributed by atoms with Crippen molar-refractivity contribution in [1.29, 1.82) is 0 Å². The Kier molecular flexibility index (Phi) is 5.16. The summed E-state index contributed by atoms with van der Waals surface area (Å²) >= 11 is 3.37. The van der Waals surface area contributed by atoms with Crippen LogP contribution in [0.3, 0.4) is 0 Å². The van der Waals surface area contributed by atoms with E-state index < -0.39 is 30.8 Å². The molecular formula is C14H17BrF2N2O2. The Bertz CT molecular complexity index is 514. The highest BCUT2D eigenvalue weighted by atomic mass is 79.9. The van der Waals surface area contributed by atoms with Crippen molar-refractivity contribution in [2.45, 2.75) is 31.4 Å². The first-order valence-electron chi connectivity index (χ1n) is 6.67. The Morgan fingerprint density at radius 3 is 2.90 bits per heavy atom. The molecule has 1 aromatic carbocycles. The average Bonchev–Trinajstić information content (AvgIpc) is 2.79. The van der Waals surface area contributed by atoms with E-state index in [9.17, 15) is 13.6 Å². The zero-order valence-electron chi connectivity index (χ0n) is 11.5. The van der Waals surface area contributed by atoms with Gasteiger partial charge in [0.1, 0.15) is 11.9 Å². The first kappa shape index (κ1) is 16.2. The van der Waals surface area contributed by atoms with Crippen molar-refractivity contribution in [1.82, 2.24) is 10.6 Å². The second-order valence-electron chi connectivity index (χ2n) is 5.10. The summed E-state index contributed by atoms with van der Waals surface area (Å²) < 4.78 is 32.5. The van der Waals surface area contributed by atoms with Crippen LogP contribution in [0, 0.1) is 0 Å². The maximum absolute atomic E-state index is 13.0. The predicted octanol–water partition coefficient (Wildman–Crippen LogP) is 2.33. The first-order chi connectivity index (χ1) is 9.87. The van der Waals surface area contributed by atoms with Crippen molar-refractivity contribution < 1.29 is 18.3 Å². The van der Waals surface area contributed by atoms with Gasteiger partial charge in [-0.3, -0.25) is 10.1 Å². The number of hydrogen-bond donors (Lipinski definition) is 2. The molecule has 2 N–H and O–H groups in total. The summed E-state index contributed by atoms with van der Waals surface area (Å²) in [6, 6.07) is 6.54. The van der Waals surface area contributed by atoms with Gasteiger partial charge in [-0.05, 0) is 35.0 Å². The highest BCUT2D eigenvalue weighted by Gasteiger charge is 2.42. The van der Waals surface area contributed by atoms with Gasteiger partial charge in [0.25, 0.3) is 5.92 Å². The summed E-state index contributed by atoms with van der Waals surface area (Å²) in [6.45, 7) is 1.61. The highest BCUT2D eigenvalue weighted by Crippen LogP contribution is 2.26. The highest BCUT2D eigenvalue weighted by molar-refractivity contribution is 9.10. The first-order valence-corrected chi connectivity index (χ1v) is 7.47. The molecule has 2 unspecified atom stereocenters. The molecule has 1 amide bonds. The van der Waals surface area contributed by atoms with Crippen LogP contribution < -0.4 is 15.4 Å². The van der Waals surface area contributed by atoms with E-state index in [4.69, 9.17) is 4.74 Å². The zero-order valence-corrected chi connectivity index (χ0v) is 13.1. The van der Waals surface area contributed by atoms with E-state index in [0.717, 1.165) is 4.47 Å². The molecule has 1 aromatic rings. The fourth-order valence-corrected chi connectivity index (χ4v) is 2.45. The second kappa shape index (κ2) is 6.70. The minimum absolute atomic E-state index is 0.254. The third-order valence-corrected chi connectivity index (χ3v) is 3.81. The van der Waals surface area contributed by atoms with Gasteiger partial charge in [0.15, 0.2) is 0 Å². The van der Waals surface area contributed by atoms with Gasteiger partial charge in [-0.25, -0.2) is 8.78 Å². The van der Waals surface area contributed by atoms with Crippen molar-refractivity contribution >= 4 is 21.8 Å². The van der Waals surface area contributed by atoms with Gasteiger partial charge in [0, 0.05) is 6.42 Å². The van der Waals surface area contributed by atoms with E-state index in [-0.39, 0.29) is 12.6 Å². The van der Waals surface area contributed by atoms with Crippen LogP contribution in [0.5, 0.6) is 5.75 Å². The number of halogens is 3. The molecule has 1 fully saturated rings. The zero-order chi connectivity index (χ0) is 15.5. The van der Waals surface area contributed by atoms with Crippen LogP contribution in [0.1, 0.15) is 13.3 Å². The molecule has 1 heterocycles. The molecule has 1 saturated heterocycles. The lowest BCUT2D eigenvalue weighted by Crippen LogP contribution is -2.43. The number of alkyl halides is 2. The molecule has 1 aliphatic rings. The predicted molar refractivity (Wildman–Crippen MR) is 78.6 cm³/mol. The van der Waals surface area contributed by atoms with Crippen LogP contribution in [0.4, 0.5) is 8.78 Å². The maximum Gasteiger partial charge on any atom is 0.262 e. The number of carbonyl (C=O) groups excluding carboxylic acids is 1. The Hall–Kier alpha value is -1.21. The topological polar surface area (TPSA) is 50.4 Å². The van der Waals surface area contributed by atoms with Gasteiger partial charge in [-0.15, -0.1) is 0 Å². The maximum atomic E-state index is 13.0. The molecule has 0 radical (unpaired) electrons. The monoisotopic (exact) mass is 362 g/mol. The molecule has 4 nitrogen and oxygen atoms in total. The number of para-hydroxylation sites is 1. The minimum atomic E-state index is -2.81. The number of nitrogens with one attached hydrogen (secondary N) is 2. The standard InChI is InChI=1S/C14H17BrF2N2O2/c1-9(21-12-5-3-2-4-10(12)15)7-18-13(20)11-6-14(16,17)8-19-11/h2-5,9,11,19H,6-8H2,1H3,(H,18,20). The van der Waals surface area contributed by atoms with Crippen molar-refractivity contribution in [3.63, 3.8) is 0 Å². The van der Waals surface area contributed by atoms with Gasteiger partial charge >= 0.3 is 0 Å². The van der Waals surface area contributed by atoms with Crippen LogP contribution in [0.25, 0.3) is 0 Å². The van der Waals surface area contributed by atoms with Gasteiger partial charge < -0.3 is 10.1 Å². The summed E-state index contributed by atoms with van der Waals surface area (Å²) in [5, 5.41) is 5.15. The van der Waals surface area contributed by atoms with Crippen molar-refractivity contribution in [3.05, 3.63) is 28.7 Å². The number of amides is 1. The molecule has 0 bridgehead atoms. The fourth-order valence-electron chi connectivity index (χ4n) is 2.07. The quantitative estimate of drug-likeness (QED) is 0.845. The molecule has 0 spiro atoms. The average molecular weight is 363 g/mol. The van der Waals surface area contributed by atoms with E-state index in [0.29, 0.717) is 5.75 Å². The van der Waals surface area contributed by atoms with E-state index in [2.05, 4.69) is 26.6 Å². The van der Waals surface area contributed by atoms with Gasteiger partial charge in [0.2, 0.25) is 5.91 Å². The molecule has 2 rings (SSSR count). The largest absolute Gasteiger partial charge is 0.488 e. The Labute approximate surface area is 130 Å². The van der Waals surface area contributed by atoms with Crippen molar-refractivity contribution in [3.8, 4) is 5.75 Å². The smallest absolute Gasteiger partial charge is 0.262 e. The molecule has 1 aliphatic heterocycles. The lowest BCUT2D eigenvalue weighted by Gasteiger charge is -2.18. The number of hydrogen-bond acceptors (Lipinski definition) is 3. The molecule has 7 heteroatoms. The second-order valence-corrected chi connectivity index (χ2v) is 5.95. The Balaban J connectivity index is 1.78. The van der Waals surface area contributed by atoms with E-state index >= 15 is 0 Å². The van der Waals surface area contributed by atoms with Gasteiger partial charge in [0.05, 0.1) is 23.6 Å². The van der Waals surface area contributed by atoms with Crippen LogP contribution in [-0.2, 0) is 4.79 Å². The van der Waals surface area contributed by atoms with Crippen LogP contribution in [0.2, 0.25) is 0 Å². The third kappa shape index (κ3) is 4.64. The van der Waals surface area contributed by atoms with Crippen molar-refractivity contribution in [2.75, 3.05) is 13.1 Å². The van der Waals surface area contributed by atoms with Crippen LogP contribution >= 0.6 is 15.9 Å². The van der Waals surface area contributed by atoms with E-state index in [1.54, 1.807) is 6.92 Å². The van der Waals surface area contributed by atoms with Gasteiger partial charge in [-0.2, -0.15) is 0 Å². The lowest BCUT2D eigenvalue weighted by atomic mass is 10.2.